The van der Waals surface area contributed by atoms with E-state index in [1.807, 2.05) is 31.2 Å². The van der Waals surface area contributed by atoms with Gasteiger partial charge in [0.25, 0.3) is 0 Å². The van der Waals surface area contributed by atoms with Crippen LogP contribution in [-0.2, 0) is 6.54 Å². The summed E-state index contributed by atoms with van der Waals surface area (Å²) in [4.78, 5) is 21.2. The number of rotatable bonds is 3. The maximum Gasteiger partial charge on any atom is 0.194 e. The number of piperazine rings is 1. The number of H-pyrrole nitrogens is 1. The fraction of sp³-hybridized carbons (Fsp3) is 0.286. The van der Waals surface area contributed by atoms with Crippen LogP contribution in [0.25, 0.3) is 10.9 Å². The molecule has 1 fully saturated rings. The molecule has 0 bridgehead atoms. The Balaban J connectivity index is 1.52. The Kier molecular flexibility index (Phi) is 4.83. The van der Waals surface area contributed by atoms with Gasteiger partial charge in [-0.05, 0) is 37.3 Å². The molecule has 5 heteroatoms. The number of hydrogen-bond donors (Lipinski definition) is 1. The highest BCUT2D eigenvalue weighted by atomic mass is 79.9. The predicted octanol–water partition coefficient (Wildman–Crippen LogP) is 3.92. The van der Waals surface area contributed by atoms with Gasteiger partial charge in [-0.3, -0.25) is 9.69 Å². The highest BCUT2D eigenvalue weighted by Gasteiger charge is 2.19. The van der Waals surface area contributed by atoms with Crippen molar-refractivity contribution in [2.75, 3.05) is 31.1 Å². The average molecular weight is 412 g/mol. The number of halogens is 1. The third-order valence-electron chi connectivity index (χ3n) is 5.15. The van der Waals surface area contributed by atoms with Gasteiger partial charge in [-0.25, -0.2) is 0 Å². The number of hydrogen-bond acceptors (Lipinski definition) is 3. The number of fused-ring (bicyclic) bond motifs is 1. The Morgan fingerprint density at radius 1 is 1.04 bits per heavy atom. The van der Waals surface area contributed by atoms with Gasteiger partial charge in [-0.1, -0.05) is 34.1 Å². The Morgan fingerprint density at radius 2 is 1.77 bits per heavy atom. The van der Waals surface area contributed by atoms with Crippen LogP contribution in [0.4, 0.5) is 5.69 Å². The Labute approximate surface area is 161 Å². The smallest absolute Gasteiger partial charge is 0.194 e. The number of aromatic amines is 1. The molecule has 0 unspecified atom stereocenters. The van der Waals surface area contributed by atoms with Crippen molar-refractivity contribution in [2.45, 2.75) is 13.5 Å². The summed E-state index contributed by atoms with van der Waals surface area (Å²) >= 11 is 3.47. The van der Waals surface area contributed by atoms with Crippen molar-refractivity contribution < 1.29 is 0 Å². The van der Waals surface area contributed by atoms with Crippen molar-refractivity contribution in [3.63, 3.8) is 0 Å². The molecule has 3 aromatic rings. The van der Waals surface area contributed by atoms with Crippen molar-refractivity contribution >= 4 is 32.5 Å². The van der Waals surface area contributed by atoms with Gasteiger partial charge in [0.2, 0.25) is 0 Å². The topological polar surface area (TPSA) is 39.3 Å². The first kappa shape index (κ1) is 17.3. The molecule has 134 valence electrons. The van der Waals surface area contributed by atoms with E-state index in [0.717, 1.165) is 52.8 Å². The average Bonchev–Trinajstić information content (AvgIpc) is 2.67. The third kappa shape index (κ3) is 3.41. The van der Waals surface area contributed by atoms with Crippen LogP contribution in [0.15, 0.2) is 57.8 Å². The van der Waals surface area contributed by atoms with E-state index in [2.05, 4.69) is 55.0 Å². The number of nitrogens with one attached hydrogen (secondary N) is 1. The second-order valence-corrected chi connectivity index (χ2v) is 7.76. The summed E-state index contributed by atoms with van der Waals surface area (Å²) in [5, 5.41) is 0.753. The van der Waals surface area contributed by atoms with Crippen molar-refractivity contribution in [3.05, 3.63) is 74.5 Å². The molecule has 1 aromatic heterocycles. The summed E-state index contributed by atoms with van der Waals surface area (Å²) in [7, 11) is 0. The normalized spacial score (nSPS) is 15.5. The summed E-state index contributed by atoms with van der Waals surface area (Å²) in [6, 6.07) is 16.3. The first-order valence-corrected chi connectivity index (χ1v) is 9.74. The van der Waals surface area contributed by atoms with Crippen LogP contribution in [0.5, 0.6) is 0 Å². The quantitative estimate of drug-likeness (QED) is 0.709. The predicted molar refractivity (Wildman–Crippen MR) is 111 cm³/mol. The van der Waals surface area contributed by atoms with Crippen molar-refractivity contribution in [1.29, 1.82) is 0 Å². The molecule has 1 aliphatic heterocycles. The second kappa shape index (κ2) is 7.25. The maximum atomic E-state index is 13.0. The van der Waals surface area contributed by atoms with Crippen LogP contribution >= 0.6 is 15.9 Å². The lowest BCUT2D eigenvalue weighted by Crippen LogP contribution is -2.46. The summed E-state index contributed by atoms with van der Waals surface area (Å²) in [6.45, 7) is 6.60. The number of pyridine rings is 1. The van der Waals surface area contributed by atoms with E-state index < -0.39 is 0 Å². The highest BCUT2D eigenvalue weighted by Crippen LogP contribution is 2.19. The van der Waals surface area contributed by atoms with Gasteiger partial charge in [-0.2, -0.15) is 0 Å². The minimum absolute atomic E-state index is 0.142. The minimum atomic E-state index is 0.142. The fourth-order valence-corrected chi connectivity index (χ4v) is 4.00. The number of para-hydroxylation sites is 1. The van der Waals surface area contributed by atoms with Gasteiger partial charge < -0.3 is 9.88 Å². The van der Waals surface area contributed by atoms with E-state index >= 15 is 0 Å². The number of aromatic nitrogens is 1. The molecule has 4 nitrogen and oxygen atoms in total. The van der Waals surface area contributed by atoms with E-state index in [4.69, 9.17) is 0 Å². The number of aryl methyl sites for hydroxylation is 1. The lowest BCUT2D eigenvalue weighted by atomic mass is 10.1. The lowest BCUT2D eigenvalue weighted by Gasteiger charge is -2.36. The molecule has 2 aromatic carbocycles. The highest BCUT2D eigenvalue weighted by molar-refractivity contribution is 9.10. The summed E-state index contributed by atoms with van der Waals surface area (Å²) in [6.07, 6.45) is 0. The molecule has 1 N–H and O–H groups in total. The summed E-state index contributed by atoms with van der Waals surface area (Å²) in [5.41, 5.74) is 4.16. The van der Waals surface area contributed by atoms with Crippen molar-refractivity contribution in [1.82, 2.24) is 9.88 Å². The summed E-state index contributed by atoms with van der Waals surface area (Å²) < 4.78 is 0.932. The summed E-state index contributed by atoms with van der Waals surface area (Å²) in [5.74, 6) is 0. The molecule has 26 heavy (non-hydrogen) atoms. The van der Waals surface area contributed by atoms with Crippen LogP contribution in [0.3, 0.4) is 0 Å². The molecule has 1 saturated heterocycles. The maximum absolute atomic E-state index is 13.0. The molecule has 2 heterocycles. The van der Waals surface area contributed by atoms with Crippen LogP contribution in [0.1, 0.15) is 11.3 Å². The molecule has 0 spiro atoms. The lowest BCUT2D eigenvalue weighted by molar-refractivity contribution is 0.248. The Hall–Kier alpha value is -2.11. The van der Waals surface area contributed by atoms with Gasteiger partial charge in [0.05, 0.1) is 0 Å². The minimum Gasteiger partial charge on any atom is -0.369 e. The number of nitrogens with zero attached hydrogens (tertiary/aromatic N) is 2. The Morgan fingerprint density at radius 3 is 2.50 bits per heavy atom. The van der Waals surface area contributed by atoms with E-state index in [0.29, 0.717) is 6.54 Å². The van der Waals surface area contributed by atoms with Gasteiger partial charge in [-0.15, -0.1) is 0 Å². The number of benzene rings is 2. The zero-order chi connectivity index (χ0) is 18.1. The van der Waals surface area contributed by atoms with Crippen LogP contribution in [0.2, 0.25) is 0 Å². The molecule has 4 rings (SSSR count). The van der Waals surface area contributed by atoms with Crippen molar-refractivity contribution in [3.8, 4) is 0 Å². The first-order valence-electron chi connectivity index (χ1n) is 8.95. The van der Waals surface area contributed by atoms with Gasteiger partial charge in [0.15, 0.2) is 5.43 Å². The molecule has 0 radical (unpaired) electrons. The zero-order valence-corrected chi connectivity index (χ0v) is 16.4. The van der Waals surface area contributed by atoms with E-state index in [1.54, 1.807) is 0 Å². The molecular formula is C21H22BrN3O. The standard InChI is InChI=1S/C21H22BrN3O/c1-15-19(21(26)18-13-16(22)7-8-20(18)23-15)14-24-9-11-25(12-10-24)17-5-3-2-4-6-17/h2-8,13H,9-12,14H2,1H3,(H,23,26). The fourth-order valence-electron chi connectivity index (χ4n) is 3.64. The van der Waals surface area contributed by atoms with Crippen LogP contribution in [0, 0.1) is 6.92 Å². The van der Waals surface area contributed by atoms with Crippen molar-refractivity contribution in [2.24, 2.45) is 0 Å². The molecule has 0 atom stereocenters. The van der Waals surface area contributed by atoms with E-state index in [9.17, 15) is 4.79 Å². The molecule has 0 saturated carbocycles. The Bertz CT molecular complexity index is 976. The van der Waals surface area contributed by atoms with Crippen LogP contribution < -0.4 is 10.3 Å². The molecule has 0 aliphatic carbocycles. The SMILES string of the molecule is Cc1[nH]c2ccc(Br)cc2c(=O)c1CN1CCN(c2ccccc2)CC1. The first-order chi connectivity index (χ1) is 12.6. The monoisotopic (exact) mass is 411 g/mol. The molecule has 0 amide bonds. The molecule has 1 aliphatic rings. The second-order valence-electron chi connectivity index (χ2n) is 6.85. The third-order valence-corrected chi connectivity index (χ3v) is 5.64. The number of anilines is 1. The van der Waals surface area contributed by atoms with Gasteiger partial charge in [0.1, 0.15) is 0 Å². The van der Waals surface area contributed by atoms with Crippen LogP contribution in [-0.4, -0.2) is 36.1 Å². The van der Waals surface area contributed by atoms with E-state index in [1.165, 1.54) is 5.69 Å². The van der Waals surface area contributed by atoms with Gasteiger partial charge in [0, 0.05) is 65.0 Å². The zero-order valence-electron chi connectivity index (χ0n) is 14.8. The van der Waals surface area contributed by atoms with Gasteiger partial charge >= 0.3 is 0 Å². The van der Waals surface area contributed by atoms with E-state index in [-0.39, 0.29) is 5.43 Å². The largest absolute Gasteiger partial charge is 0.369 e. The molecular weight excluding hydrogens is 390 g/mol.